The van der Waals surface area contributed by atoms with Crippen LogP contribution in [0, 0.1) is 10.1 Å². The molecule has 8 heteroatoms. The predicted molar refractivity (Wildman–Crippen MR) is 92.1 cm³/mol. The Morgan fingerprint density at radius 1 is 1.20 bits per heavy atom. The number of non-ortho nitro benzene ring substituents is 1. The van der Waals surface area contributed by atoms with Crippen molar-refractivity contribution in [1.82, 2.24) is 4.98 Å². The number of fused-ring (bicyclic) bond motifs is 1. The van der Waals surface area contributed by atoms with Gasteiger partial charge in [0.2, 0.25) is 0 Å². The van der Waals surface area contributed by atoms with Gasteiger partial charge in [0.15, 0.2) is 0 Å². The molecule has 0 aliphatic heterocycles. The van der Waals surface area contributed by atoms with Crippen LogP contribution in [0.15, 0.2) is 42.5 Å². The second kappa shape index (κ2) is 7.10. The highest BCUT2D eigenvalue weighted by atomic mass is 32.1. The van der Waals surface area contributed by atoms with Gasteiger partial charge in [0.1, 0.15) is 17.4 Å². The molecule has 25 heavy (non-hydrogen) atoms. The van der Waals surface area contributed by atoms with Gasteiger partial charge in [-0.3, -0.25) is 10.1 Å². The van der Waals surface area contributed by atoms with E-state index in [4.69, 9.17) is 4.74 Å². The summed E-state index contributed by atoms with van der Waals surface area (Å²) in [5.41, 5.74) is 1.63. The number of carbonyl (C=O) groups excluding carboxylic acids is 1. The summed E-state index contributed by atoms with van der Waals surface area (Å²) >= 11 is 1.36. The third-order valence-electron chi connectivity index (χ3n) is 3.25. The summed E-state index contributed by atoms with van der Waals surface area (Å²) in [5, 5.41) is 21.9. The van der Waals surface area contributed by atoms with Gasteiger partial charge in [-0.05, 0) is 29.8 Å². The minimum atomic E-state index is -1.28. The number of nitrogens with zero attached hydrogens (tertiary/aromatic N) is 2. The maximum atomic E-state index is 10.8. The molecule has 1 heterocycles. The molecular formula is C17H11N2O5S-. The first-order chi connectivity index (χ1) is 12.0. The molecule has 3 rings (SSSR count). The lowest BCUT2D eigenvalue weighted by Crippen LogP contribution is -2.28. The number of hydrogen-bond acceptors (Lipinski definition) is 7. The maximum absolute atomic E-state index is 10.8. The predicted octanol–water partition coefficient (Wildman–Crippen LogP) is 2.50. The van der Waals surface area contributed by atoms with E-state index < -0.39 is 17.5 Å². The van der Waals surface area contributed by atoms with Crippen LogP contribution in [0.1, 0.15) is 10.6 Å². The number of hydrogen-bond donors (Lipinski definition) is 0. The molecule has 126 valence electrons. The molecule has 0 saturated carbocycles. The van der Waals surface area contributed by atoms with E-state index in [1.54, 1.807) is 30.3 Å². The molecule has 0 aliphatic rings. The van der Waals surface area contributed by atoms with E-state index in [0.29, 0.717) is 11.3 Å². The second-order valence-electron chi connectivity index (χ2n) is 5.02. The van der Waals surface area contributed by atoms with Crippen molar-refractivity contribution >= 4 is 45.4 Å². The summed E-state index contributed by atoms with van der Waals surface area (Å²) < 4.78 is 5.75. The van der Waals surface area contributed by atoms with E-state index in [1.165, 1.54) is 23.5 Å². The SMILES string of the molecule is O=C([O-])COc1ccc(/C=C/c2nc3ccc([N+](=O)[O-])cc3s2)cc1. The first-order valence-electron chi connectivity index (χ1n) is 7.17. The molecule has 0 N–H and O–H groups in total. The van der Waals surface area contributed by atoms with Crippen LogP contribution < -0.4 is 9.84 Å². The molecule has 0 amide bonds. The summed E-state index contributed by atoms with van der Waals surface area (Å²) in [6.07, 6.45) is 3.65. The number of benzene rings is 2. The van der Waals surface area contributed by atoms with Crippen molar-refractivity contribution in [2.45, 2.75) is 0 Å². The van der Waals surface area contributed by atoms with E-state index in [2.05, 4.69) is 4.98 Å². The number of carboxylic acid groups (broad SMARTS) is 1. The fourth-order valence-corrected chi connectivity index (χ4v) is 3.00. The molecule has 2 aromatic carbocycles. The van der Waals surface area contributed by atoms with E-state index in [9.17, 15) is 20.0 Å². The Balaban J connectivity index is 1.74. The Morgan fingerprint density at radius 3 is 2.64 bits per heavy atom. The Hall–Kier alpha value is -3.26. The van der Waals surface area contributed by atoms with Crippen LogP contribution in [-0.4, -0.2) is 22.5 Å². The summed E-state index contributed by atoms with van der Waals surface area (Å²) in [6.45, 7) is -0.493. The number of carboxylic acids is 1. The Labute approximate surface area is 146 Å². The summed E-state index contributed by atoms with van der Waals surface area (Å²) in [7, 11) is 0. The van der Waals surface area contributed by atoms with Gasteiger partial charge in [-0.25, -0.2) is 4.98 Å². The van der Waals surface area contributed by atoms with E-state index in [-0.39, 0.29) is 5.69 Å². The van der Waals surface area contributed by atoms with Crippen LogP contribution in [0.4, 0.5) is 5.69 Å². The van der Waals surface area contributed by atoms with Gasteiger partial charge in [0.25, 0.3) is 5.69 Å². The van der Waals surface area contributed by atoms with E-state index in [0.717, 1.165) is 15.3 Å². The van der Waals surface area contributed by atoms with E-state index in [1.807, 2.05) is 12.2 Å². The molecule has 1 aromatic heterocycles. The van der Waals surface area contributed by atoms with Crippen LogP contribution in [0.25, 0.3) is 22.4 Å². The molecule has 0 saturated heterocycles. The highest BCUT2D eigenvalue weighted by molar-refractivity contribution is 7.19. The largest absolute Gasteiger partial charge is 0.546 e. The number of aromatic nitrogens is 1. The summed E-state index contributed by atoms with van der Waals surface area (Å²) in [5.74, 6) is -0.839. The van der Waals surface area contributed by atoms with Crippen molar-refractivity contribution < 1.29 is 19.6 Å². The van der Waals surface area contributed by atoms with Gasteiger partial charge < -0.3 is 14.6 Å². The van der Waals surface area contributed by atoms with Gasteiger partial charge in [-0.15, -0.1) is 11.3 Å². The fourth-order valence-electron chi connectivity index (χ4n) is 2.10. The van der Waals surface area contributed by atoms with Crippen LogP contribution in [0.5, 0.6) is 5.75 Å². The number of thiazole rings is 1. The van der Waals surface area contributed by atoms with Crippen molar-refractivity contribution in [2.75, 3.05) is 6.61 Å². The minimum absolute atomic E-state index is 0.0406. The summed E-state index contributed by atoms with van der Waals surface area (Å²) in [6, 6.07) is 11.4. The minimum Gasteiger partial charge on any atom is -0.546 e. The topological polar surface area (TPSA) is 105 Å². The zero-order valence-corrected chi connectivity index (χ0v) is 13.6. The normalized spacial score (nSPS) is 11.0. The molecule has 0 fully saturated rings. The third kappa shape index (κ3) is 4.18. The molecule has 0 spiro atoms. The first-order valence-corrected chi connectivity index (χ1v) is 7.99. The number of rotatable bonds is 6. The molecule has 3 aromatic rings. The van der Waals surface area contributed by atoms with E-state index >= 15 is 0 Å². The molecule has 0 radical (unpaired) electrons. The van der Waals surface area contributed by atoms with Crippen LogP contribution in [-0.2, 0) is 4.79 Å². The van der Waals surface area contributed by atoms with Crippen molar-refractivity contribution in [3.8, 4) is 5.75 Å². The van der Waals surface area contributed by atoms with Crippen molar-refractivity contribution in [3.05, 3.63) is 63.1 Å². The third-order valence-corrected chi connectivity index (χ3v) is 4.24. The number of nitro groups is 1. The van der Waals surface area contributed by atoms with Crippen LogP contribution in [0.3, 0.4) is 0 Å². The Kier molecular flexibility index (Phi) is 4.71. The average molecular weight is 355 g/mol. The maximum Gasteiger partial charge on any atom is 0.270 e. The lowest BCUT2D eigenvalue weighted by molar-refractivity contribution is -0.384. The van der Waals surface area contributed by atoms with Gasteiger partial charge in [0.05, 0.1) is 21.1 Å². The highest BCUT2D eigenvalue weighted by Gasteiger charge is 2.09. The monoisotopic (exact) mass is 355 g/mol. The molecule has 0 bridgehead atoms. The molecule has 0 aliphatic carbocycles. The first kappa shape index (κ1) is 16.6. The Morgan fingerprint density at radius 2 is 1.96 bits per heavy atom. The average Bonchev–Trinajstić information content (AvgIpc) is 3.01. The summed E-state index contributed by atoms with van der Waals surface area (Å²) in [4.78, 5) is 25.1. The number of ether oxygens (including phenoxy) is 1. The lowest BCUT2D eigenvalue weighted by atomic mass is 10.2. The van der Waals surface area contributed by atoms with Gasteiger partial charge in [0, 0.05) is 12.1 Å². The van der Waals surface area contributed by atoms with Gasteiger partial charge >= 0.3 is 0 Å². The molecule has 0 unspecified atom stereocenters. The fraction of sp³-hybridized carbons (Fsp3) is 0.0588. The van der Waals surface area contributed by atoms with Crippen molar-refractivity contribution in [1.29, 1.82) is 0 Å². The quantitative estimate of drug-likeness (QED) is 0.497. The zero-order chi connectivity index (χ0) is 17.8. The van der Waals surface area contributed by atoms with Crippen molar-refractivity contribution in [3.63, 3.8) is 0 Å². The number of carbonyl (C=O) groups is 1. The molecule has 7 nitrogen and oxygen atoms in total. The number of aliphatic carboxylic acids is 1. The van der Waals surface area contributed by atoms with Gasteiger partial charge in [-0.2, -0.15) is 0 Å². The standard InChI is InChI=1S/C17H12N2O5S/c20-17(21)10-24-13-5-1-11(2-6-13)3-8-16-18-14-7-4-12(19(22)23)9-15(14)25-16/h1-9H,10H2,(H,20,21)/p-1/b8-3+. The van der Waals surface area contributed by atoms with Crippen LogP contribution >= 0.6 is 11.3 Å². The molecule has 0 atom stereocenters. The smallest absolute Gasteiger partial charge is 0.270 e. The lowest BCUT2D eigenvalue weighted by Gasteiger charge is -2.06. The highest BCUT2D eigenvalue weighted by Crippen LogP contribution is 2.27. The Bertz CT molecular complexity index is 963. The molecular weight excluding hydrogens is 344 g/mol. The number of nitro benzene ring substituents is 1. The van der Waals surface area contributed by atoms with Crippen molar-refractivity contribution in [2.24, 2.45) is 0 Å². The van der Waals surface area contributed by atoms with Crippen LogP contribution in [0.2, 0.25) is 0 Å². The second-order valence-corrected chi connectivity index (χ2v) is 6.09. The zero-order valence-electron chi connectivity index (χ0n) is 12.7. The van der Waals surface area contributed by atoms with Gasteiger partial charge in [-0.1, -0.05) is 18.2 Å².